The summed E-state index contributed by atoms with van der Waals surface area (Å²) >= 11 is 0. The van der Waals surface area contributed by atoms with Gasteiger partial charge in [0.05, 0.1) is 18.8 Å². The van der Waals surface area contributed by atoms with Crippen molar-refractivity contribution >= 4 is 5.91 Å². The van der Waals surface area contributed by atoms with Crippen LogP contribution in [0.2, 0.25) is 0 Å². The standard InChI is InChI=1S/C11H22N2O3/c1-9(12-7-10(15)8-14)11(16)13-5-3-2-4-6-13/h9-10,12,14-15H,2-8H2,1H3/t9?,10-/m0/s1. The quantitative estimate of drug-likeness (QED) is 0.586. The van der Waals surface area contributed by atoms with Gasteiger partial charge in [0.25, 0.3) is 0 Å². The molecule has 5 heteroatoms. The van der Waals surface area contributed by atoms with E-state index in [1.54, 1.807) is 6.92 Å². The van der Waals surface area contributed by atoms with E-state index in [1.165, 1.54) is 6.42 Å². The van der Waals surface area contributed by atoms with E-state index in [9.17, 15) is 4.79 Å². The number of piperidine rings is 1. The molecule has 5 nitrogen and oxygen atoms in total. The van der Waals surface area contributed by atoms with E-state index in [1.807, 2.05) is 4.90 Å². The van der Waals surface area contributed by atoms with Gasteiger partial charge in [-0.05, 0) is 26.2 Å². The highest BCUT2D eigenvalue weighted by molar-refractivity contribution is 5.81. The maximum Gasteiger partial charge on any atom is 0.239 e. The average molecular weight is 230 g/mol. The summed E-state index contributed by atoms with van der Waals surface area (Å²) in [6.07, 6.45) is 2.57. The molecule has 2 atom stereocenters. The molecule has 0 spiro atoms. The van der Waals surface area contributed by atoms with Gasteiger partial charge in [-0.25, -0.2) is 0 Å². The molecule has 1 amide bonds. The summed E-state index contributed by atoms with van der Waals surface area (Å²) < 4.78 is 0. The molecule has 0 aromatic heterocycles. The van der Waals surface area contributed by atoms with Gasteiger partial charge >= 0.3 is 0 Å². The van der Waals surface area contributed by atoms with E-state index >= 15 is 0 Å². The Labute approximate surface area is 96.4 Å². The van der Waals surface area contributed by atoms with Gasteiger partial charge < -0.3 is 20.4 Å². The molecule has 1 rings (SSSR count). The average Bonchev–Trinajstić information content (AvgIpc) is 2.35. The number of carbonyl (C=O) groups excluding carboxylic acids is 1. The number of aliphatic hydroxyl groups is 2. The molecule has 3 N–H and O–H groups in total. The summed E-state index contributed by atoms with van der Waals surface area (Å²) in [5, 5.41) is 20.7. The number of rotatable bonds is 5. The second-order valence-electron chi connectivity index (χ2n) is 4.35. The highest BCUT2D eigenvalue weighted by Gasteiger charge is 2.21. The Balaban J connectivity index is 2.29. The number of carbonyl (C=O) groups is 1. The molecule has 1 aliphatic rings. The van der Waals surface area contributed by atoms with E-state index in [2.05, 4.69) is 5.32 Å². The first-order valence-electron chi connectivity index (χ1n) is 5.96. The predicted octanol–water partition coefficient (Wildman–Crippen LogP) is -0.670. The van der Waals surface area contributed by atoms with Crippen LogP contribution in [0.1, 0.15) is 26.2 Å². The lowest BCUT2D eigenvalue weighted by Crippen LogP contribution is -2.48. The number of hydrogen-bond donors (Lipinski definition) is 3. The van der Waals surface area contributed by atoms with Crippen molar-refractivity contribution in [2.45, 2.75) is 38.3 Å². The molecule has 0 radical (unpaired) electrons. The number of amides is 1. The third kappa shape index (κ3) is 4.08. The molecular weight excluding hydrogens is 208 g/mol. The number of nitrogens with zero attached hydrogens (tertiary/aromatic N) is 1. The normalized spacial score (nSPS) is 20.6. The first-order valence-corrected chi connectivity index (χ1v) is 5.96. The fraction of sp³-hybridized carbons (Fsp3) is 0.909. The van der Waals surface area contributed by atoms with Crippen LogP contribution in [0, 0.1) is 0 Å². The number of aliphatic hydroxyl groups excluding tert-OH is 2. The zero-order valence-electron chi connectivity index (χ0n) is 9.85. The van der Waals surface area contributed by atoms with Crippen LogP contribution >= 0.6 is 0 Å². The van der Waals surface area contributed by atoms with Crippen molar-refractivity contribution in [2.24, 2.45) is 0 Å². The lowest BCUT2D eigenvalue weighted by Gasteiger charge is -2.29. The molecule has 1 saturated heterocycles. The highest BCUT2D eigenvalue weighted by atomic mass is 16.3. The lowest BCUT2D eigenvalue weighted by molar-refractivity contribution is -0.134. The number of likely N-dealkylation sites (tertiary alicyclic amines) is 1. The fourth-order valence-corrected chi connectivity index (χ4v) is 1.85. The van der Waals surface area contributed by atoms with Crippen molar-refractivity contribution in [2.75, 3.05) is 26.2 Å². The maximum absolute atomic E-state index is 11.9. The first kappa shape index (κ1) is 13.4. The summed E-state index contributed by atoms with van der Waals surface area (Å²) in [4.78, 5) is 13.8. The van der Waals surface area contributed by atoms with Crippen molar-refractivity contribution in [3.05, 3.63) is 0 Å². The molecule has 0 aromatic carbocycles. The van der Waals surface area contributed by atoms with Crippen LogP contribution in [0.3, 0.4) is 0 Å². The Morgan fingerprint density at radius 2 is 2.00 bits per heavy atom. The van der Waals surface area contributed by atoms with Crippen molar-refractivity contribution < 1.29 is 15.0 Å². The summed E-state index contributed by atoms with van der Waals surface area (Å²) in [6.45, 7) is 3.44. The zero-order valence-corrected chi connectivity index (χ0v) is 9.85. The Hall–Kier alpha value is -0.650. The predicted molar refractivity (Wildman–Crippen MR) is 61.0 cm³/mol. The van der Waals surface area contributed by atoms with Gasteiger partial charge in [-0.2, -0.15) is 0 Å². The van der Waals surface area contributed by atoms with Crippen LogP contribution in [-0.2, 0) is 4.79 Å². The monoisotopic (exact) mass is 230 g/mol. The van der Waals surface area contributed by atoms with Crippen LogP contribution in [0.25, 0.3) is 0 Å². The minimum Gasteiger partial charge on any atom is -0.394 e. The molecule has 1 aliphatic heterocycles. The molecular formula is C11H22N2O3. The second kappa shape index (κ2) is 6.83. The minimum absolute atomic E-state index is 0.0878. The molecule has 0 aliphatic carbocycles. The molecule has 1 fully saturated rings. The number of nitrogens with one attached hydrogen (secondary N) is 1. The maximum atomic E-state index is 11.9. The molecule has 94 valence electrons. The van der Waals surface area contributed by atoms with Gasteiger partial charge in [0.2, 0.25) is 5.91 Å². The summed E-state index contributed by atoms with van der Waals surface area (Å²) in [6, 6.07) is -0.292. The summed E-state index contributed by atoms with van der Waals surface area (Å²) in [5.74, 6) is 0.0878. The van der Waals surface area contributed by atoms with Crippen LogP contribution in [0.15, 0.2) is 0 Å². The third-order valence-electron chi connectivity index (χ3n) is 2.91. The molecule has 0 saturated carbocycles. The van der Waals surface area contributed by atoms with E-state index in [-0.39, 0.29) is 25.1 Å². The summed E-state index contributed by atoms with van der Waals surface area (Å²) in [5.41, 5.74) is 0. The zero-order chi connectivity index (χ0) is 12.0. The Kier molecular flexibility index (Phi) is 5.73. The van der Waals surface area contributed by atoms with Crippen LogP contribution in [-0.4, -0.2) is 59.4 Å². The second-order valence-corrected chi connectivity index (χ2v) is 4.35. The van der Waals surface area contributed by atoms with E-state index in [0.29, 0.717) is 0 Å². The van der Waals surface area contributed by atoms with Crippen LogP contribution in [0.4, 0.5) is 0 Å². The molecule has 0 aromatic rings. The van der Waals surface area contributed by atoms with Crippen molar-refractivity contribution in [1.82, 2.24) is 10.2 Å². The Morgan fingerprint density at radius 1 is 1.38 bits per heavy atom. The topological polar surface area (TPSA) is 72.8 Å². The molecule has 16 heavy (non-hydrogen) atoms. The smallest absolute Gasteiger partial charge is 0.239 e. The Morgan fingerprint density at radius 3 is 2.56 bits per heavy atom. The fourth-order valence-electron chi connectivity index (χ4n) is 1.85. The van der Waals surface area contributed by atoms with E-state index in [0.717, 1.165) is 25.9 Å². The molecule has 1 unspecified atom stereocenters. The van der Waals surface area contributed by atoms with Gasteiger partial charge in [0.15, 0.2) is 0 Å². The van der Waals surface area contributed by atoms with Crippen molar-refractivity contribution in [3.8, 4) is 0 Å². The van der Waals surface area contributed by atoms with Crippen LogP contribution < -0.4 is 5.32 Å². The van der Waals surface area contributed by atoms with Crippen molar-refractivity contribution in [1.29, 1.82) is 0 Å². The third-order valence-corrected chi connectivity index (χ3v) is 2.91. The minimum atomic E-state index is -0.795. The van der Waals surface area contributed by atoms with Crippen LogP contribution in [0.5, 0.6) is 0 Å². The first-order chi connectivity index (χ1) is 7.65. The van der Waals surface area contributed by atoms with Crippen molar-refractivity contribution in [3.63, 3.8) is 0 Å². The van der Waals surface area contributed by atoms with Gasteiger partial charge in [-0.15, -0.1) is 0 Å². The SMILES string of the molecule is CC(NC[C@H](O)CO)C(=O)N1CCCCC1. The largest absolute Gasteiger partial charge is 0.394 e. The van der Waals surface area contributed by atoms with Gasteiger partial charge in [-0.1, -0.05) is 0 Å². The highest BCUT2D eigenvalue weighted by Crippen LogP contribution is 2.09. The van der Waals surface area contributed by atoms with E-state index < -0.39 is 6.10 Å². The van der Waals surface area contributed by atoms with Gasteiger partial charge in [0.1, 0.15) is 0 Å². The number of hydrogen-bond acceptors (Lipinski definition) is 4. The molecule has 1 heterocycles. The molecule has 0 bridgehead atoms. The summed E-state index contributed by atoms with van der Waals surface area (Å²) in [7, 11) is 0. The van der Waals surface area contributed by atoms with Gasteiger partial charge in [-0.3, -0.25) is 4.79 Å². The lowest BCUT2D eigenvalue weighted by atomic mass is 10.1. The van der Waals surface area contributed by atoms with E-state index in [4.69, 9.17) is 10.2 Å². The van der Waals surface area contributed by atoms with Gasteiger partial charge in [0, 0.05) is 19.6 Å². The Bertz CT molecular complexity index is 217.